The molecule has 1 N–H and O–H groups in total. The molecule has 0 aromatic heterocycles. The molecule has 5 nitrogen and oxygen atoms in total. The number of carbonyl (C=O) groups is 1. The van der Waals surface area contributed by atoms with Crippen LogP contribution in [-0.2, 0) is 14.3 Å². The maximum Gasteiger partial charge on any atom is 0.244 e. The Labute approximate surface area is 102 Å². The standard InChI is InChI=1S/C12H22N2O3/c1-4-10-13-12(5-6-12)11(15)14(10)7-9(17-3)8-16-2/h9-10,13H,4-8H2,1-3H3. The van der Waals surface area contributed by atoms with Gasteiger partial charge in [0.2, 0.25) is 5.91 Å². The lowest BCUT2D eigenvalue weighted by molar-refractivity contribution is -0.133. The van der Waals surface area contributed by atoms with Gasteiger partial charge in [-0.25, -0.2) is 0 Å². The Morgan fingerprint density at radius 1 is 1.53 bits per heavy atom. The average molecular weight is 242 g/mol. The van der Waals surface area contributed by atoms with Crippen LogP contribution in [0.2, 0.25) is 0 Å². The molecule has 0 radical (unpaired) electrons. The third kappa shape index (κ3) is 2.32. The van der Waals surface area contributed by atoms with Crippen molar-refractivity contribution in [1.29, 1.82) is 0 Å². The number of hydrogen-bond acceptors (Lipinski definition) is 4. The van der Waals surface area contributed by atoms with Crippen LogP contribution >= 0.6 is 0 Å². The molecule has 1 saturated heterocycles. The number of nitrogens with one attached hydrogen (secondary N) is 1. The molecule has 1 spiro atoms. The van der Waals surface area contributed by atoms with Gasteiger partial charge in [-0.05, 0) is 19.3 Å². The van der Waals surface area contributed by atoms with Gasteiger partial charge in [-0.15, -0.1) is 0 Å². The van der Waals surface area contributed by atoms with Crippen LogP contribution < -0.4 is 5.32 Å². The Morgan fingerprint density at radius 3 is 2.71 bits per heavy atom. The average Bonchev–Trinajstić information content (AvgIpc) is 3.07. The van der Waals surface area contributed by atoms with E-state index in [1.54, 1.807) is 14.2 Å². The fraction of sp³-hybridized carbons (Fsp3) is 0.917. The van der Waals surface area contributed by atoms with Crippen molar-refractivity contribution in [2.24, 2.45) is 0 Å². The quantitative estimate of drug-likeness (QED) is 0.730. The smallest absolute Gasteiger partial charge is 0.244 e. The lowest BCUT2D eigenvalue weighted by Crippen LogP contribution is -2.43. The van der Waals surface area contributed by atoms with Crippen molar-refractivity contribution in [2.75, 3.05) is 27.4 Å². The van der Waals surface area contributed by atoms with E-state index in [2.05, 4.69) is 12.2 Å². The zero-order valence-corrected chi connectivity index (χ0v) is 10.9. The second-order valence-corrected chi connectivity index (χ2v) is 4.92. The summed E-state index contributed by atoms with van der Waals surface area (Å²) in [4.78, 5) is 14.2. The molecule has 17 heavy (non-hydrogen) atoms. The Balaban J connectivity index is 2.00. The molecule has 98 valence electrons. The van der Waals surface area contributed by atoms with Crippen molar-refractivity contribution in [3.05, 3.63) is 0 Å². The summed E-state index contributed by atoms with van der Waals surface area (Å²) in [5.41, 5.74) is -0.230. The van der Waals surface area contributed by atoms with Crippen molar-refractivity contribution in [2.45, 2.75) is 44.0 Å². The topological polar surface area (TPSA) is 50.8 Å². The van der Waals surface area contributed by atoms with Crippen LogP contribution in [0.3, 0.4) is 0 Å². The molecule has 1 heterocycles. The van der Waals surface area contributed by atoms with Crippen LogP contribution in [0, 0.1) is 0 Å². The fourth-order valence-electron chi connectivity index (χ4n) is 2.49. The van der Waals surface area contributed by atoms with E-state index in [9.17, 15) is 4.79 Å². The number of carbonyl (C=O) groups excluding carboxylic acids is 1. The van der Waals surface area contributed by atoms with Gasteiger partial charge >= 0.3 is 0 Å². The Hall–Kier alpha value is -0.650. The summed E-state index contributed by atoms with van der Waals surface area (Å²) in [5, 5.41) is 3.44. The van der Waals surface area contributed by atoms with E-state index < -0.39 is 0 Å². The van der Waals surface area contributed by atoms with Crippen molar-refractivity contribution in [3.63, 3.8) is 0 Å². The van der Waals surface area contributed by atoms with E-state index >= 15 is 0 Å². The number of hydrogen-bond donors (Lipinski definition) is 1. The first-order valence-electron chi connectivity index (χ1n) is 6.27. The first-order chi connectivity index (χ1) is 8.16. The molecule has 5 heteroatoms. The second-order valence-electron chi connectivity index (χ2n) is 4.92. The Kier molecular flexibility index (Phi) is 3.70. The molecule has 1 aliphatic carbocycles. The highest BCUT2D eigenvalue weighted by Gasteiger charge is 2.58. The van der Waals surface area contributed by atoms with E-state index in [-0.39, 0.29) is 23.7 Å². The highest BCUT2D eigenvalue weighted by Crippen LogP contribution is 2.42. The second kappa shape index (κ2) is 4.92. The zero-order valence-electron chi connectivity index (χ0n) is 10.9. The van der Waals surface area contributed by atoms with Gasteiger partial charge in [0.1, 0.15) is 0 Å². The van der Waals surface area contributed by atoms with Gasteiger partial charge in [0.15, 0.2) is 0 Å². The van der Waals surface area contributed by atoms with Gasteiger partial charge in [0.05, 0.1) is 31.0 Å². The molecule has 1 saturated carbocycles. The number of rotatable bonds is 6. The van der Waals surface area contributed by atoms with Crippen LogP contribution in [0.1, 0.15) is 26.2 Å². The molecular weight excluding hydrogens is 220 g/mol. The van der Waals surface area contributed by atoms with E-state index in [1.165, 1.54) is 0 Å². The predicted octanol–water partition coefficient (Wildman–Crippen LogP) is 0.348. The minimum absolute atomic E-state index is 0.0475. The molecule has 2 fully saturated rings. The summed E-state index contributed by atoms with van der Waals surface area (Å²) in [6, 6.07) is 0. The minimum Gasteiger partial charge on any atom is -0.382 e. The first-order valence-corrected chi connectivity index (χ1v) is 6.27. The Morgan fingerprint density at radius 2 is 2.24 bits per heavy atom. The molecule has 0 bridgehead atoms. The number of amides is 1. The van der Waals surface area contributed by atoms with Crippen molar-refractivity contribution >= 4 is 5.91 Å². The Bertz CT molecular complexity index is 291. The zero-order chi connectivity index (χ0) is 12.5. The summed E-state index contributed by atoms with van der Waals surface area (Å²) < 4.78 is 10.4. The van der Waals surface area contributed by atoms with Crippen LogP contribution in [-0.4, -0.2) is 56.0 Å². The van der Waals surface area contributed by atoms with Crippen molar-refractivity contribution < 1.29 is 14.3 Å². The summed E-state index contributed by atoms with van der Waals surface area (Å²) in [6.45, 7) is 3.22. The molecule has 2 rings (SSSR count). The monoisotopic (exact) mass is 242 g/mol. The highest BCUT2D eigenvalue weighted by atomic mass is 16.5. The summed E-state index contributed by atoms with van der Waals surface area (Å²) in [7, 11) is 3.31. The fourth-order valence-corrected chi connectivity index (χ4v) is 2.49. The SMILES string of the molecule is CCC1NC2(CC2)C(=O)N1CC(COC)OC. The van der Waals surface area contributed by atoms with E-state index in [4.69, 9.17) is 9.47 Å². The molecular formula is C12H22N2O3. The van der Waals surface area contributed by atoms with Crippen LogP contribution in [0.15, 0.2) is 0 Å². The minimum atomic E-state index is -0.230. The molecule has 0 aromatic carbocycles. The van der Waals surface area contributed by atoms with E-state index in [1.807, 2.05) is 4.90 Å². The van der Waals surface area contributed by atoms with Gasteiger partial charge < -0.3 is 14.4 Å². The molecule has 0 aromatic rings. The highest BCUT2D eigenvalue weighted by molar-refractivity contribution is 5.91. The molecule has 2 aliphatic rings. The van der Waals surface area contributed by atoms with E-state index in [0.717, 1.165) is 19.3 Å². The van der Waals surface area contributed by atoms with Crippen molar-refractivity contribution in [3.8, 4) is 0 Å². The molecule has 2 atom stereocenters. The summed E-state index contributed by atoms with van der Waals surface area (Å²) in [6.07, 6.45) is 2.98. The van der Waals surface area contributed by atoms with Gasteiger partial charge in [0.25, 0.3) is 0 Å². The van der Waals surface area contributed by atoms with Gasteiger partial charge in [0, 0.05) is 14.2 Å². The van der Waals surface area contributed by atoms with E-state index in [0.29, 0.717) is 13.2 Å². The largest absolute Gasteiger partial charge is 0.382 e. The normalized spacial score (nSPS) is 27.8. The number of methoxy groups -OCH3 is 2. The maximum absolute atomic E-state index is 12.3. The third-order valence-corrected chi connectivity index (χ3v) is 3.71. The van der Waals surface area contributed by atoms with Crippen LogP contribution in [0.25, 0.3) is 0 Å². The first kappa shape index (κ1) is 12.8. The lowest BCUT2D eigenvalue weighted by atomic mass is 10.2. The molecule has 1 aliphatic heterocycles. The maximum atomic E-state index is 12.3. The summed E-state index contributed by atoms with van der Waals surface area (Å²) in [5.74, 6) is 0.238. The van der Waals surface area contributed by atoms with Crippen LogP contribution in [0.4, 0.5) is 0 Å². The van der Waals surface area contributed by atoms with Gasteiger partial charge in [-0.1, -0.05) is 6.92 Å². The summed E-state index contributed by atoms with van der Waals surface area (Å²) >= 11 is 0. The molecule has 2 unspecified atom stereocenters. The third-order valence-electron chi connectivity index (χ3n) is 3.71. The van der Waals surface area contributed by atoms with Crippen LogP contribution in [0.5, 0.6) is 0 Å². The van der Waals surface area contributed by atoms with Gasteiger partial charge in [-0.3, -0.25) is 10.1 Å². The number of nitrogens with zero attached hydrogens (tertiary/aromatic N) is 1. The molecule has 1 amide bonds. The van der Waals surface area contributed by atoms with Crippen molar-refractivity contribution in [1.82, 2.24) is 10.2 Å². The van der Waals surface area contributed by atoms with Gasteiger partial charge in [-0.2, -0.15) is 0 Å². The predicted molar refractivity (Wildman–Crippen MR) is 63.6 cm³/mol. The number of ether oxygens (including phenoxy) is 2. The lowest BCUT2D eigenvalue weighted by Gasteiger charge is -2.27.